The molecule has 0 fully saturated rings. The molecule has 6 nitrogen and oxygen atoms in total. The largest absolute Gasteiger partial charge is 0.348 e. The van der Waals surface area contributed by atoms with Gasteiger partial charge in [0.2, 0.25) is 0 Å². The highest BCUT2D eigenvalue weighted by atomic mass is 35.5. The number of hydrogen-bond donors (Lipinski definition) is 3. The van der Waals surface area contributed by atoms with Crippen LogP contribution in [0.4, 0.5) is 5.82 Å². The summed E-state index contributed by atoms with van der Waals surface area (Å²) >= 11 is 5.93. The molecular weight excluding hydrogens is 266 g/mol. The van der Waals surface area contributed by atoms with Gasteiger partial charge in [0.1, 0.15) is 0 Å². The highest BCUT2D eigenvalue weighted by Crippen LogP contribution is 2.18. The van der Waals surface area contributed by atoms with Crippen LogP contribution in [0.1, 0.15) is 15.9 Å². The van der Waals surface area contributed by atoms with Gasteiger partial charge in [-0.05, 0) is 23.8 Å². The molecule has 7 heteroatoms. The van der Waals surface area contributed by atoms with Crippen LogP contribution in [0.2, 0.25) is 5.02 Å². The van der Waals surface area contributed by atoms with Crippen molar-refractivity contribution in [2.45, 2.75) is 6.54 Å². The number of amides is 1. The van der Waals surface area contributed by atoms with Crippen LogP contribution in [-0.2, 0) is 6.54 Å². The molecule has 0 atom stereocenters. The Morgan fingerprint density at radius 1 is 1.42 bits per heavy atom. The molecule has 0 saturated carbocycles. The first-order chi connectivity index (χ1) is 9.20. The Balaban J connectivity index is 1.99. The highest BCUT2D eigenvalue weighted by Gasteiger charge is 2.06. The molecule has 0 aliphatic heterocycles. The Kier molecular flexibility index (Phi) is 4.27. The van der Waals surface area contributed by atoms with Crippen molar-refractivity contribution in [2.75, 3.05) is 5.43 Å². The Morgan fingerprint density at radius 3 is 2.89 bits per heavy atom. The van der Waals surface area contributed by atoms with Gasteiger partial charge in [0, 0.05) is 25.1 Å². The van der Waals surface area contributed by atoms with Crippen molar-refractivity contribution in [1.82, 2.24) is 15.3 Å². The second-order valence-corrected chi connectivity index (χ2v) is 4.15. The molecule has 0 aliphatic rings. The number of nitrogens with zero attached hydrogens (tertiary/aromatic N) is 2. The maximum atomic E-state index is 11.8. The Hall–Kier alpha value is -2.18. The standard InChI is InChI=1S/C12H12ClN5O/c13-10-4-8(5-16-11(10)18-14)6-17-12(19)9-2-1-3-15-7-9/h1-5,7H,6,14H2,(H,16,18)(H,17,19). The zero-order chi connectivity index (χ0) is 13.7. The normalized spacial score (nSPS) is 10.0. The lowest BCUT2D eigenvalue weighted by Gasteiger charge is -2.07. The Bertz CT molecular complexity index is 576. The van der Waals surface area contributed by atoms with Gasteiger partial charge in [0.25, 0.3) is 5.91 Å². The van der Waals surface area contributed by atoms with Crippen LogP contribution in [0.3, 0.4) is 0 Å². The number of aromatic nitrogens is 2. The zero-order valence-corrected chi connectivity index (χ0v) is 10.7. The first-order valence-electron chi connectivity index (χ1n) is 5.50. The molecule has 2 rings (SSSR count). The molecular formula is C12H12ClN5O. The van der Waals surface area contributed by atoms with E-state index in [1.807, 2.05) is 0 Å². The fraction of sp³-hybridized carbons (Fsp3) is 0.0833. The van der Waals surface area contributed by atoms with Crippen molar-refractivity contribution >= 4 is 23.3 Å². The molecule has 2 aromatic rings. The van der Waals surface area contributed by atoms with Crippen molar-refractivity contribution in [3.8, 4) is 0 Å². The number of rotatable bonds is 4. The number of hydrazine groups is 1. The second kappa shape index (κ2) is 6.12. The van der Waals surface area contributed by atoms with Crippen molar-refractivity contribution in [2.24, 2.45) is 5.84 Å². The molecule has 2 aromatic heterocycles. The summed E-state index contributed by atoms with van der Waals surface area (Å²) in [5.74, 6) is 5.41. The van der Waals surface area contributed by atoms with E-state index in [0.717, 1.165) is 5.56 Å². The third kappa shape index (κ3) is 3.40. The number of hydrogen-bond acceptors (Lipinski definition) is 5. The highest BCUT2D eigenvalue weighted by molar-refractivity contribution is 6.32. The number of pyridine rings is 2. The van der Waals surface area contributed by atoms with Gasteiger partial charge in [-0.15, -0.1) is 0 Å². The quantitative estimate of drug-likeness (QED) is 0.579. The van der Waals surface area contributed by atoms with E-state index in [1.54, 1.807) is 30.6 Å². The van der Waals surface area contributed by atoms with Crippen LogP contribution < -0.4 is 16.6 Å². The molecule has 4 N–H and O–H groups in total. The lowest BCUT2D eigenvalue weighted by molar-refractivity contribution is 0.0950. The van der Waals surface area contributed by atoms with Crippen LogP contribution in [-0.4, -0.2) is 15.9 Å². The summed E-state index contributed by atoms with van der Waals surface area (Å²) in [6, 6.07) is 5.08. The van der Waals surface area contributed by atoms with Crippen molar-refractivity contribution in [1.29, 1.82) is 0 Å². The monoisotopic (exact) mass is 277 g/mol. The van der Waals surface area contributed by atoms with Crippen molar-refractivity contribution in [3.63, 3.8) is 0 Å². The van der Waals surface area contributed by atoms with Gasteiger partial charge in [0.15, 0.2) is 5.82 Å². The molecule has 0 bridgehead atoms. The van der Waals surface area contributed by atoms with Gasteiger partial charge in [-0.3, -0.25) is 9.78 Å². The zero-order valence-electron chi connectivity index (χ0n) is 9.93. The van der Waals surface area contributed by atoms with E-state index in [9.17, 15) is 4.79 Å². The Labute approximate surface area is 115 Å². The number of nitrogens with two attached hydrogens (primary N) is 1. The minimum atomic E-state index is -0.203. The minimum Gasteiger partial charge on any atom is -0.348 e. The minimum absolute atomic E-state index is 0.203. The number of carbonyl (C=O) groups excluding carboxylic acids is 1. The first-order valence-corrected chi connectivity index (χ1v) is 5.88. The lowest BCUT2D eigenvalue weighted by atomic mass is 10.2. The van der Waals surface area contributed by atoms with Gasteiger partial charge in [-0.25, -0.2) is 10.8 Å². The fourth-order valence-electron chi connectivity index (χ4n) is 1.46. The summed E-state index contributed by atoms with van der Waals surface area (Å²) in [6.45, 7) is 0.325. The first kappa shape index (κ1) is 13.3. The fourth-order valence-corrected chi connectivity index (χ4v) is 1.71. The molecule has 0 unspecified atom stereocenters. The van der Waals surface area contributed by atoms with Crippen LogP contribution in [0.15, 0.2) is 36.8 Å². The van der Waals surface area contributed by atoms with E-state index in [1.165, 1.54) is 6.20 Å². The molecule has 98 valence electrons. The van der Waals surface area contributed by atoms with Crippen LogP contribution in [0.5, 0.6) is 0 Å². The number of anilines is 1. The number of nitrogens with one attached hydrogen (secondary N) is 2. The molecule has 2 heterocycles. The molecule has 1 amide bonds. The van der Waals surface area contributed by atoms with Crippen LogP contribution in [0, 0.1) is 0 Å². The number of carbonyl (C=O) groups is 1. The van der Waals surface area contributed by atoms with Crippen molar-refractivity contribution in [3.05, 3.63) is 52.9 Å². The van der Waals surface area contributed by atoms with E-state index in [4.69, 9.17) is 17.4 Å². The molecule has 0 radical (unpaired) electrons. The summed E-state index contributed by atoms with van der Waals surface area (Å²) in [5, 5.41) is 3.15. The van der Waals surface area contributed by atoms with E-state index >= 15 is 0 Å². The average Bonchev–Trinajstić information content (AvgIpc) is 2.46. The second-order valence-electron chi connectivity index (χ2n) is 3.74. The van der Waals surface area contributed by atoms with Crippen molar-refractivity contribution < 1.29 is 4.79 Å². The van der Waals surface area contributed by atoms with Gasteiger partial charge in [0.05, 0.1) is 10.6 Å². The van der Waals surface area contributed by atoms with Gasteiger partial charge in [-0.1, -0.05) is 11.6 Å². The summed E-state index contributed by atoms with van der Waals surface area (Å²) in [6.07, 6.45) is 4.70. The summed E-state index contributed by atoms with van der Waals surface area (Å²) < 4.78 is 0. The third-order valence-electron chi connectivity index (χ3n) is 2.41. The maximum absolute atomic E-state index is 11.8. The number of nitrogen functional groups attached to an aromatic ring is 1. The average molecular weight is 278 g/mol. The molecule has 0 aliphatic carbocycles. The maximum Gasteiger partial charge on any atom is 0.253 e. The summed E-state index contributed by atoms with van der Waals surface area (Å²) in [4.78, 5) is 19.7. The van der Waals surface area contributed by atoms with Crippen LogP contribution >= 0.6 is 11.6 Å². The van der Waals surface area contributed by atoms with E-state index in [-0.39, 0.29) is 5.91 Å². The SMILES string of the molecule is NNc1ncc(CNC(=O)c2cccnc2)cc1Cl. The molecule has 19 heavy (non-hydrogen) atoms. The lowest BCUT2D eigenvalue weighted by Crippen LogP contribution is -2.23. The molecule has 0 saturated heterocycles. The topological polar surface area (TPSA) is 92.9 Å². The van der Waals surface area contributed by atoms with E-state index in [2.05, 4.69) is 20.7 Å². The van der Waals surface area contributed by atoms with Crippen LogP contribution in [0.25, 0.3) is 0 Å². The van der Waals surface area contributed by atoms with E-state index < -0.39 is 0 Å². The Morgan fingerprint density at radius 2 is 2.26 bits per heavy atom. The summed E-state index contributed by atoms with van der Waals surface area (Å²) in [5.41, 5.74) is 3.66. The summed E-state index contributed by atoms with van der Waals surface area (Å²) in [7, 11) is 0. The van der Waals surface area contributed by atoms with Gasteiger partial charge in [-0.2, -0.15) is 0 Å². The number of halogens is 1. The third-order valence-corrected chi connectivity index (χ3v) is 2.70. The smallest absolute Gasteiger partial charge is 0.253 e. The van der Waals surface area contributed by atoms with Gasteiger partial charge < -0.3 is 10.7 Å². The predicted molar refractivity (Wildman–Crippen MR) is 72.5 cm³/mol. The molecule has 0 spiro atoms. The van der Waals surface area contributed by atoms with E-state index in [0.29, 0.717) is 22.9 Å². The van der Waals surface area contributed by atoms with Gasteiger partial charge >= 0.3 is 0 Å². The predicted octanol–water partition coefficient (Wildman–Crippen LogP) is 1.35. The molecule has 0 aromatic carbocycles.